The van der Waals surface area contributed by atoms with Crippen LogP contribution in [0.25, 0.3) is 0 Å². The van der Waals surface area contributed by atoms with Crippen LogP contribution in [0.1, 0.15) is 26.4 Å². The van der Waals surface area contributed by atoms with Crippen molar-refractivity contribution < 1.29 is 32.2 Å². The van der Waals surface area contributed by atoms with Gasteiger partial charge in [-0.2, -0.15) is 18.2 Å². The molecule has 3 rings (SSSR count). The number of nitrogens with two attached hydrogens (primary N) is 1. The van der Waals surface area contributed by atoms with Gasteiger partial charge in [-0.3, -0.25) is 14.6 Å². The van der Waals surface area contributed by atoms with Crippen LogP contribution in [0.4, 0.5) is 18.9 Å². The fourth-order valence-electron chi connectivity index (χ4n) is 2.56. The first-order valence-electron chi connectivity index (χ1n) is 8.75. The molecule has 8 nitrogen and oxygen atoms in total. The van der Waals surface area contributed by atoms with E-state index in [1.165, 1.54) is 37.6 Å². The summed E-state index contributed by atoms with van der Waals surface area (Å²) in [6, 6.07) is 7.68. The molecule has 32 heavy (non-hydrogen) atoms. The van der Waals surface area contributed by atoms with Crippen molar-refractivity contribution in [3.63, 3.8) is 0 Å². The molecule has 0 unspecified atom stereocenters. The Hall–Kier alpha value is -3.86. The number of amides is 2. The number of carbonyl (C=O) groups is 2. The minimum atomic E-state index is -4.71. The number of halogens is 4. The van der Waals surface area contributed by atoms with E-state index in [9.17, 15) is 22.8 Å². The van der Waals surface area contributed by atoms with Gasteiger partial charge in [0.25, 0.3) is 17.7 Å². The van der Waals surface area contributed by atoms with Crippen LogP contribution in [-0.2, 0) is 6.18 Å². The Labute approximate surface area is 184 Å². The van der Waals surface area contributed by atoms with Crippen molar-refractivity contribution in [3.8, 4) is 17.4 Å². The fourth-order valence-corrected chi connectivity index (χ4v) is 2.70. The van der Waals surface area contributed by atoms with Gasteiger partial charge < -0.3 is 20.5 Å². The number of rotatable bonds is 6. The molecule has 0 aliphatic carbocycles. The highest BCUT2D eigenvalue weighted by molar-refractivity contribution is 6.29. The highest BCUT2D eigenvalue weighted by Gasteiger charge is 2.32. The maximum atomic E-state index is 13.2. The minimum absolute atomic E-state index is 0.0191. The second-order valence-corrected chi connectivity index (χ2v) is 6.59. The van der Waals surface area contributed by atoms with Crippen LogP contribution >= 0.6 is 11.6 Å². The summed E-state index contributed by atoms with van der Waals surface area (Å²) in [5.74, 6) is -2.00. The third-order valence-corrected chi connectivity index (χ3v) is 4.24. The lowest BCUT2D eigenvalue weighted by Crippen LogP contribution is -2.17. The maximum absolute atomic E-state index is 13.2. The molecule has 0 saturated heterocycles. The number of ether oxygens (including phenoxy) is 2. The molecule has 0 radical (unpaired) electrons. The number of anilines is 1. The van der Waals surface area contributed by atoms with Gasteiger partial charge in [-0.15, -0.1) is 0 Å². The third-order valence-electron chi connectivity index (χ3n) is 4.03. The summed E-state index contributed by atoms with van der Waals surface area (Å²) in [6.07, 6.45) is -3.49. The van der Waals surface area contributed by atoms with Crippen LogP contribution in [0.5, 0.6) is 17.4 Å². The predicted octanol–water partition coefficient (Wildman–Crippen LogP) is 4.30. The molecule has 0 saturated carbocycles. The molecule has 2 heterocycles. The highest BCUT2D eigenvalue weighted by Crippen LogP contribution is 2.37. The first-order chi connectivity index (χ1) is 15.1. The Kier molecular flexibility index (Phi) is 6.49. The van der Waals surface area contributed by atoms with Gasteiger partial charge in [0.15, 0.2) is 5.75 Å². The van der Waals surface area contributed by atoms with Gasteiger partial charge in [0.2, 0.25) is 0 Å². The lowest BCUT2D eigenvalue weighted by Gasteiger charge is -2.15. The first-order valence-corrected chi connectivity index (χ1v) is 9.13. The number of carbonyl (C=O) groups excluding carboxylic acids is 2. The molecule has 12 heteroatoms. The fraction of sp³-hybridized carbons (Fsp3) is 0.100. The summed E-state index contributed by atoms with van der Waals surface area (Å²) in [6.45, 7) is 0. The Morgan fingerprint density at radius 2 is 1.81 bits per heavy atom. The van der Waals surface area contributed by atoms with Crippen molar-refractivity contribution in [1.29, 1.82) is 0 Å². The quantitative estimate of drug-likeness (QED) is 0.523. The molecular formula is C20H14ClF3N4O4. The Morgan fingerprint density at radius 1 is 1.09 bits per heavy atom. The first kappa shape index (κ1) is 22.8. The minimum Gasteiger partial charge on any atom is -0.478 e. The SMILES string of the molecule is COc1nc(Cl)ccc1Oc1ccc(C(F)(F)F)cc1C(=O)Nc1ccnc(C(N)=O)c1. The summed E-state index contributed by atoms with van der Waals surface area (Å²) >= 11 is 5.80. The monoisotopic (exact) mass is 466 g/mol. The average Bonchev–Trinajstić information content (AvgIpc) is 2.74. The smallest absolute Gasteiger partial charge is 0.416 e. The van der Waals surface area contributed by atoms with E-state index in [-0.39, 0.29) is 33.9 Å². The van der Waals surface area contributed by atoms with Gasteiger partial charge >= 0.3 is 6.18 Å². The predicted molar refractivity (Wildman–Crippen MR) is 108 cm³/mol. The van der Waals surface area contributed by atoms with Crippen molar-refractivity contribution in [3.05, 3.63) is 70.6 Å². The normalized spacial score (nSPS) is 11.0. The largest absolute Gasteiger partial charge is 0.478 e. The van der Waals surface area contributed by atoms with Gasteiger partial charge in [-0.05, 0) is 42.5 Å². The zero-order valence-corrected chi connectivity index (χ0v) is 17.0. The molecule has 0 fully saturated rings. The van der Waals surface area contributed by atoms with Crippen molar-refractivity contribution in [1.82, 2.24) is 9.97 Å². The molecule has 0 spiro atoms. The van der Waals surface area contributed by atoms with Gasteiger partial charge in [-0.1, -0.05) is 11.6 Å². The van der Waals surface area contributed by atoms with E-state index in [1.54, 1.807) is 0 Å². The van der Waals surface area contributed by atoms with Crippen LogP contribution in [0.15, 0.2) is 48.7 Å². The van der Waals surface area contributed by atoms with E-state index < -0.39 is 29.1 Å². The van der Waals surface area contributed by atoms with Crippen LogP contribution in [-0.4, -0.2) is 28.9 Å². The van der Waals surface area contributed by atoms with E-state index in [1.807, 2.05) is 0 Å². The molecule has 166 valence electrons. The van der Waals surface area contributed by atoms with Crippen molar-refractivity contribution >= 4 is 29.1 Å². The van der Waals surface area contributed by atoms with Crippen LogP contribution in [0.2, 0.25) is 5.15 Å². The van der Waals surface area contributed by atoms with Gasteiger partial charge in [0.05, 0.1) is 18.2 Å². The molecule has 0 aliphatic heterocycles. The molecule has 0 atom stereocenters. The second kappa shape index (κ2) is 9.10. The summed E-state index contributed by atoms with van der Waals surface area (Å²) < 4.78 is 50.4. The Bertz CT molecular complexity index is 1190. The standard InChI is InChI=1S/C20H14ClF3N4O4/c1-31-19-15(4-5-16(21)28-19)32-14-3-2-10(20(22,23)24)8-12(14)18(30)27-11-6-7-26-13(9-11)17(25)29/h2-9H,1H3,(H2,25,29)(H,26,27,30). The maximum Gasteiger partial charge on any atom is 0.416 e. The van der Waals surface area contributed by atoms with Gasteiger partial charge in [0.1, 0.15) is 16.6 Å². The number of pyridine rings is 2. The van der Waals surface area contributed by atoms with Crippen molar-refractivity contribution in [2.45, 2.75) is 6.18 Å². The molecule has 3 aromatic rings. The van der Waals surface area contributed by atoms with Gasteiger partial charge in [-0.25, -0.2) is 0 Å². The topological polar surface area (TPSA) is 116 Å². The van der Waals surface area contributed by atoms with Crippen LogP contribution in [0.3, 0.4) is 0 Å². The summed E-state index contributed by atoms with van der Waals surface area (Å²) in [5, 5.41) is 2.49. The Balaban J connectivity index is 2.01. The number of benzene rings is 1. The molecule has 3 N–H and O–H groups in total. The highest BCUT2D eigenvalue weighted by atomic mass is 35.5. The van der Waals surface area contributed by atoms with Crippen molar-refractivity contribution in [2.75, 3.05) is 12.4 Å². The zero-order valence-electron chi connectivity index (χ0n) is 16.2. The number of hydrogen-bond acceptors (Lipinski definition) is 6. The molecule has 1 aromatic carbocycles. The van der Waals surface area contributed by atoms with E-state index in [0.717, 1.165) is 12.1 Å². The molecular weight excluding hydrogens is 453 g/mol. The number of methoxy groups -OCH3 is 1. The number of nitrogens with one attached hydrogen (secondary N) is 1. The summed E-state index contributed by atoms with van der Waals surface area (Å²) in [5.41, 5.74) is 3.60. The van der Waals surface area contributed by atoms with Gasteiger partial charge in [0, 0.05) is 11.9 Å². The number of aromatic nitrogens is 2. The van der Waals surface area contributed by atoms with E-state index in [2.05, 4.69) is 15.3 Å². The molecule has 2 amide bonds. The summed E-state index contributed by atoms with van der Waals surface area (Å²) in [4.78, 5) is 31.7. The van der Waals surface area contributed by atoms with Crippen LogP contribution < -0.4 is 20.5 Å². The molecule has 2 aromatic heterocycles. The number of nitrogens with zero attached hydrogens (tertiary/aromatic N) is 2. The van der Waals surface area contributed by atoms with E-state index in [4.69, 9.17) is 26.8 Å². The molecule has 0 aliphatic rings. The molecule has 0 bridgehead atoms. The van der Waals surface area contributed by atoms with Crippen LogP contribution in [0, 0.1) is 0 Å². The third kappa shape index (κ3) is 5.24. The lowest BCUT2D eigenvalue weighted by molar-refractivity contribution is -0.137. The second-order valence-electron chi connectivity index (χ2n) is 6.20. The lowest BCUT2D eigenvalue weighted by atomic mass is 10.1. The zero-order chi connectivity index (χ0) is 23.5. The number of alkyl halides is 3. The van der Waals surface area contributed by atoms with E-state index >= 15 is 0 Å². The number of hydrogen-bond donors (Lipinski definition) is 2. The van der Waals surface area contributed by atoms with Crippen molar-refractivity contribution in [2.24, 2.45) is 5.73 Å². The number of primary amides is 1. The average molecular weight is 467 g/mol. The summed E-state index contributed by atoms with van der Waals surface area (Å²) in [7, 11) is 1.30. The van der Waals surface area contributed by atoms with E-state index in [0.29, 0.717) is 6.07 Å². The Morgan fingerprint density at radius 3 is 2.47 bits per heavy atom.